The Morgan fingerprint density at radius 3 is 2.78 bits per heavy atom. The Hall–Kier alpha value is -1.26. The summed E-state index contributed by atoms with van der Waals surface area (Å²) in [5.74, 6) is 1.47. The van der Waals surface area contributed by atoms with E-state index in [0.29, 0.717) is 16.0 Å². The van der Waals surface area contributed by atoms with Gasteiger partial charge in [-0.05, 0) is 68.3 Å². The Kier molecular flexibility index (Phi) is 4.83. The fourth-order valence-electron chi connectivity index (χ4n) is 3.70. The number of halogens is 1. The van der Waals surface area contributed by atoms with Gasteiger partial charge in [0.25, 0.3) is 5.91 Å². The van der Waals surface area contributed by atoms with E-state index in [9.17, 15) is 4.79 Å². The average molecular weight is 337 g/mol. The maximum absolute atomic E-state index is 12.0. The molecule has 1 aliphatic carbocycles. The van der Waals surface area contributed by atoms with E-state index in [1.54, 1.807) is 26.2 Å². The van der Waals surface area contributed by atoms with Gasteiger partial charge in [-0.2, -0.15) is 0 Å². The Labute approximate surface area is 143 Å². The van der Waals surface area contributed by atoms with Gasteiger partial charge in [-0.25, -0.2) is 0 Å². The first-order valence-corrected chi connectivity index (χ1v) is 8.74. The van der Waals surface area contributed by atoms with Gasteiger partial charge in [0, 0.05) is 14.1 Å². The largest absolute Gasteiger partial charge is 0.494 e. The number of ether oxygens (including phenoxy) is 1. The lowest BCUT2D eigenvalue weighted by atomic mass is 9.91. The lowest BCUT2D eigenvalue weighted by molar-refractivity contribution is 0.0827. The normalized spacial score (nSPS) is 22.0. The molecule has 1 amide bonds. The first kappa shape index (κ1) is 16.6. The molecule has 0 unspecified atom stereocenters. The summed E-state index contributed by atoms with van der Waals surface area (Å²) in [6, 6.07) is 5.31. The number of hydrogen-bond acceptors (Lipinski definition) is 3. The monoisotopic (exact) mass is 336 g/mol. The van der Waals surface area contributed by atoms with Gasteiger partial charge in [0.15, 0.2) is 0 Å². The summed E-state index contributed by atoms with van der Waals surface area (Å²) in [4.78, 5) is 13.5. The molecule has 5 heteroatoms. The number of rotatable bonds is 5. The van der Waals surface area contributed by atoms with Crippen LogP contribution in [0.15, 0.2) is 18.2 Å². The molecular weight excluding hydrogens is 312 g/mol. The first-order valence-electron chi connectivity index (χ1n) is 8.36. The van der Waals surface area contributed by atoms with Crippen molar-refractivity contribution in [2.45, 2.75) is 25.7 Å². The molecule has 2 aliphatic rings. The lowest BCUT2D eigenvalue weighted by Gasteiger charge is -2.23. The van der Waals surface area contributed by atoms with Crippen LogP contribution in [0, 0.1) is 11.3 Å². The van der Waals surface area contributed by atoms with Crippen molar-refractivity contribution in [3.63, 3.8) is 0 Å². The molecule has 3 rings (SSSR count). The molecule has 1 aromatic rings. The zero-order chi connectivity index (χ0) is 16.4. The molecule has 0 radical (unpaired) electrons. The van der Waals surface area contributed by atoms with Crippen molar-refractivity contribution in [3.8, 4) is 5.75 Å². The third-order valence-corrected chi connectivity index (χ3v) is 5.58. The van der Waals surface area contributed by atoms with Crippen LogP contribution in [0.4, 0.5) is 0 Å². The van der Waals surface area contributed by atoms with Crippen LogP contribution in [0.2, 0.25) is 5.02 Å². The summed E-state index contributed by atoms with van der Waals surface area (Å²) in [7, 11) is 3.44. The molecule has 126 valence electrons. The Morgan fingerprint density at radius 2 is 2.13 bits per heavy atom. The maximum atomic E-state index is 12.0. The lowest BCUT2D eigenvalue weighted by Crippen LogP contribution is -2.29. The van der Waals surface area contributed by atoms with E-state index in [-0.39, 0.29) is 5.91 Å². The second-order valence-corrected chi connectivity index (χ2v) is 7.40. The van der Waals surface area contributed by atoms with Crippen molar-refractivity contribution in [2.75, 3.05) is 33.8 Å². The zero-order valence-corrected chi connectivity index (χ0v) is 14.7. The maximum Gasteiger partial charge on any atom is 0.254 e. The number of hydrogen-bond donors (Lipinski definition) is 1. The number of nitrogens with zero attached hydrogens (tertiary/aromatic N) is 1. The second kappa shape index (κ2) is 6.70. The van der Waals surface area contributed by atoms with Crippen LogP contribution in [0.3, 0.4) is 0 Å². The standard InChI is InChI=1S/C18H25ClN2O2/c1-21(2)17(22)15-4-3-14(11-16(15)19)23-10-5-13-12-18(13)6-8-20-9-7-18/h3-4,11,13,20H,5-10,12H2,1-2H3/t13-/m1/s1. The first-order chi connectivity index (χ1) is 11.0. The molecule has 2 fully saturated rings. The van der Waals surface area contributed by atoms with Gasteiger partial charge in [-0.1, -0.05) is 11.6 Å². The molecule has 1 N–H and O–H groups in total. The third-order valence-electron chi connectivity index (χ3n) is 5.27. The van der Waals surface area contributed by atoms with Gasteiger partial charge < -0.3 is 15.0 Å². The molecule has 1 aliphatic heterocycles. The predicted molar refractivity (Wildman–Crippen MR) is 92.2 cm³/mol. The van der Waals surface area contributed by atoms with Crippen LogP contribution < -0.4 is 10.1 Å². The third kappa shape index (κ3) is 3.64. The number of amides is 1. The van der Waals surface area contributed by atoms with E-state index in [1.807, 2.05) is 6.07 Å². The summed E-state index contributed by atoms with van der Waals surface area (Å²) in [6.45, 7) is 3.04. The predicted octanol–water partition coefficient (Wildman–Crippen LogP) is 3.20. The van der Waals surface area contributed by atoms with E-state index in [2.05, 4.69) is 5.32 Å². The molecule has 1 saturated heterocycles. The smallest absolute Gasteiger partial charge is 0.254 e. The van der Waals surface area contributed by atoms with E-state index >= 15 is 0 Å². The highest BCUT2D eigenvalue weighted by atomic mass is 35.5. The second-order valence-electron chi connectivity index (χ2n) is 6.99. The Morgan fingerprint density at radius 1 is 1.39 bits per heavy atom. The Bertz CT molecular complexity index is 582. The minimum absolute atomic E-state index is 0.0904. The number of nitrogens with one attached hydrogen (secondary N) is 1. The molecule has 23 heavy (non-hydrogen) atoms. The van der Waals surface area contributed by atoms with Gasteiger partial charge in [-0.3, -0.25) is 4.79 Å². The summed E-state index contributed by atoms with van der Waals surface area (Å²) in [5, 5.41) is 3.88. The molecule has 1 heterocycles. The summed E-state index contributed by atoms with van der Waals surface area (Å²) >= 11 is 6.20. The van der Waals surface area contributed by atoms with Crippen molar-refractivity contribution in [2.24, 2.45) is 11.3 Å². The summed E-state index contributed by atoms with van der Waals surface area (Å²) in [6.07, 6.45) is 5.08. The van der Waals surface area contributed by atoms with Crippen LogP contribution in [0.5, 0.6) is 5.75 Å². The fourth-order valence-corrected chi connectivity index (χ4v) is 3.95. The number of piperidine rings is 1. The van der Waals surface area contributed by atoms with Crippen molar-refractivity contribution in [1.82, 2.24) is 10.2 Å². The molecular formula is C18H25ClN2O2. The topological polar surface area (TPSA) is 41.6 Å². The van der Waals surface area contributed by atoms with Crippen molar-refractivity contribution < 1.29 is 9.53 Å². The van der Waals surface area contributed by atoms with E-state index in [1.165, 1.54) is 24.2 Å². The van der Waals surface area contributed by atoms with Crippen LogP contribution in [0.25, 0.3) is 0 Å². The van der Waals surface area contributed by atoms with Crippen molar-refractivity contribution >= 4 is 17.5 Å². The number of carbonyl (C=O) groups excluding carboxylic acids is 1. The highest BCUT2D eigenvalue weighted by Crippen LogP contribution is 2.60. The van der Waals surface area contributed by atoms with Gasteiger partial charge >= 0.3 is 0 Å². The van der Waals surface area contributed by atoms with E-state index < -0.39 is 0 Å². The van der Waals surface area contributed by atoms with Crippen LogP contribution in [0.1, 0.15) is 36.0 Å². The fraction of sp³-hybridized carbons (Fsp3) is 0.611. The SMILES string of the molecule is CN(C)C(=O)c1ccc(OCC[C@@H]2CC23CCNCC3)cc1Cl. The van der Waals surface area contributed by atoms with Gasteiger partial charge in [0.1, 0.15) is 5.75 Å². The highest BCUT2D eigenvalue weighted by molar-refractivity contribution is 6.34. The molecule has 0 aromatic heterocycles. The van der Waals surface area contributed by atoms with Gasteiger partial charge in [0.05, 0.1) is 17.2 Å². The van der Waals surface area contributed by atoms with E-state index in [4.69, 9.17) is 16.3 Å². The number of carbonyl (C=O) groups is 1. The molecule has 1 saturated carbocycles. The van der Waals surface area contributed by atoms with Crippen LogP contribution in [-0.4, -0.2) is 44.6 Å². The van der Waals surface area contributed by atoms with Crippen LogP contribution >= 0.6 is 11.6 Å². The minimum Gasteiger partial charge on any atom is -0.494 e. The van der Waals surface area contributed by atoms with Crippen molar-refractivity contribution in [3.05, 3.63) is 28.8 Å². The van der Waals surface area contributed by atoms with E-state index in [0.717, 1.165) is 37.8 Å². The molecule has 4 nitrogen and oxygen atoms in total. The highest BCUT2D eigenvalue weighted by Gasteiger charge is 2.52. The van der Waals surface area contributed by atoms with Gasteiger partial charge in [0.2, 0.25) is 0 Å². The zero-order valence-electron chi connectivity index (χ0n) is 13.9. The summed E-state index contributed by atoms with van der Waals surface area (Å²) in [5.41, 5.74) is 1.12. The quantitative estimate of drug-likeness (QED) is 0.897. The van der Waals surface area contributed by atoms with Crippen LogP contribution in [-0.2, 0) is 0 Å². The molecule has 1 aromatic carbocycles. The minimum atomic E-state index is -0.0904. The molecule has 0 bridgehead atoms. The Balaban J connectivity index is 1.49. The van der Waals surface area contributed by atoms with Crippen molar-refractivity contribution in [1.29, 1.82) is 0 Å². The average Bonchev–Trinajstić information content (AvgIpc) is 3.19. The van der Waals surface area contributed by atoms with Gasteiger partial charge in [-0.15, -0.1) is 0 Å². The molecule has 1 spiro atoms. The molecule has 1 atom stereocenters. The summed E-state index contributed by atoms with van der Waals surface area (Å²) < 4.78 is 5.84. The number of benzene rings is 1.